The van der Waals surface area contributed by atoms with Crippen molar-refractivity contribution < 1.29 is 5.11 Å². The van der Waals surface area contributed by atoms with Crippen LogP contribution in [-0.2, 0) is 13.6 Å². The maximum Gasteiger partial charge on any atom is 0.138 e. The molecule has 1 heterocycles. The summed E-state index contributed by atoms with van der Waals surface area (Å²) in [7, 11) is 1.95. The summed E-state index contributed by atoms with van der Waals surface area (Å²) in [4.78, 5) is 0. The van der Waals surface area contributed by atoms with E-state index in [9.17, 15) is 10.4 Å². The molecule has 0 amide bonds. The van der Waals surface area contributed by atoms with Gasteiger partial charge >= 0.3 is 0 Å². The number of benzene rings is 2. The van der Waals surface area contributed by atoms with Gasteiger partial charge in [-0.25, -0.2) is 0 Å². The van der Waals surface area contributed by atoms with E-state index in [1.54, 1.807) is 12.1 Å². The number of phenols is 1. The molecule has 0 fully saturated rings. The number of rotatable bonds is 3. The molecule has 3 aromatic rings. The fraction of sp³-hybridized carbons (Fsp3) is 0.118. The van der Waals surface area contributed by atoms with Crippen molar-refractivity contribution >= 4 is 16.6 Å². The molecule has 0 aliphatic heterocycles. The molecule has 0 saturated heterocycles. The molecule has 0 aliphatic rings. The minimum atomic E-state index is 0.203. The molecule has 0 radical (unpaired) electrons. The van der Waals surface area contributed by atoms with Crippen LogP contribution in [0.25, 0.3) is 10.9 Å². The summed E-state index contributed by atoms with van der Waals surface area (Å²) < 4.78 is 2.01. The van der Waals surface area contributed by atoms with Crippen molar-refractivity contribution in [2.24, 2.45) is 7.05 Å². The number of para-hydroxylation sites is 3. The Hall–Kier alpha value is -2.93. The monoisotopic (exact) mass is 277 g/mol. The van der Waals surface area contributed by atoms with Crippen LogP contribution in [0.15, 0.2) is 48.5 Å². The molecule has 0 spiro atoms. The first-order valence-electron chi connectivity index (χ1n) is 6.70. The molecule has 21 heavy (non-hydrogen) atoms. The minimum Gasteiger partial charge on any atom is -0.506 e. The van der Waals surface area contributed by atoms with Gasteiger partial charge < -0.3 is 15.0 Å². The van der Waals surface area contributed by atoms with E-state index >= 15 is 0 Å². The average Bonchev–Trinajstić information content (AvgIpc) is 2.79. The molecule has 0 bridgehead atoms. The standard InChI is InChI=1S/C17H15N3O/c1-20-15-8-4-2-6-12(15)13(10-18)16(20)11-19-14-7-3-5-9-17(14)21/h2-9,19,21H,11H2,1H3. The summed E-state index contributed by atoms with van der Waals surface area (Å²) in [5, 5.41) is 23.4. The van der Waals surface area contributed by atoms with Crippen LogP contribution in [0.1, 0.15) is 11.3 Å². The molecule has 0 aliphatic carbocycles. The Labute approximate surface area is 122 Å². The summed E-state index contributed by atoms with van der Waals surface area (Å²) in [6, 6.07) is 17.2. The lowest BCUT2D eigenvalue weighted by Gasteiger charge is -2.09. The van der Waals surface area contributed by atoms with Gasteiger partial charge in [0.1, 0.15) is 11.8 Å². The van der Waals surface area contributed by atoms with Crippen molar-refractivity contribution in [1.82, 2.24) is 4.57 Å². The van der Waals surface area contributed by atoms with Gasteiger partial charge in [-0.1, -0.05) is 30.3 Å². The van der Waals surface area contributed by atoms with Crippen molar-refractivity contribution in [1.29, 1.82) is 5.26 Å². The van der Waals surface area contributed by atoms with E-state index in [4.69, 9.17) is 0 Å². The Bertz CT molecular complexity index is 843. The van der Waals surface area contributed by atoms with Crippen LogP contribution in [0.3, 0.4) is 0 Å². The lowest BCUT2D eigenvalue weighted by atomic mass is 10.1. The van der Waals surface area contributed by atoms with Gasteiger partial charge in [-0.3, -0.25) is 0 Å². The molecule has 0 unspecified atom stereocenters. The average molecular weight is 277 g/mol. The van der Waals surface area contributed by atoms with Gasteiger partial charge in [-0.05, 0) is 18.2 Å². The Kier molecular flexibility index (Phi) is 3.25. The highest BCUT2D eigenvalue weighted by Crippen LogP contribution is 2.27. The molecule has 3 rings (SSSR count). The van der Waals surface area contributed by atoms with E-state index < -0.39 is 0 Å². The Balaban J connectivity index is 2.00. The van der Waals surface area contributed by atoms with Gasteiger partial charge in [0, 0.05) is 18.0 Å². The molecular formula is C17H15N3O. The molecular weight excluding hydrogens is 262 g/mol. The van der Waals surface area contributed by atoms with E-state index in [0.717, 1.165) is 16.6 Å². The van der Waals surface area contributed by atoms with E-state index in [2.05, 4.69) is 11.4 Å². The summed E-state index contributed by atoms with van der Waals surface area (Å²) in [5.74, 6) is 0.203. The normalized spacial score (nSPS) is 10.5. The SMILES string of the molecule is Cn1c(CNc2ccccc2O)c(C#N)c2ccccc21. The fourth-order valence-corrected chi connectivity index (χ4v) is 2.58. The van der Waals surface area contributed by atoms with Gasteiger partial charge in [0.2, 0.25) is 0 Å². The number of phenolic OH excluding ortho intramolecular Hbond substituents is 1. The number of nitriles is 1. The van der Waals surface area contributed by atoms with Crippen LogP contribution in [-0.4, -0.2) is 9.67 Å². The van der Waals surface area contributed by atoms with Crippen molar-refractivity contribution in [2.75, 3.05) is 5.32 Å². The number of hydrogen-bond donors (Lipinski definition) is 2. The lowest BCUT2D eigenvalue weighted by molar-refractivity contribution is 0.477. The fourth-order valence-electron chi connectivity index (χ4n) is 2.58. The second kappa shape index (κ2) is 5.22. The van der Waals surface area contributed by atoms with Gasteiger partial charge in [-0.15, -0.1) is 0 Å². The van der Waals surface area contributed by atoms with Crippen LogP contribution in [0.2, 0.25) is 0 Å². The van der Waals surface area contributed by atoms with E-state index in [1.165, 1.54) is 0 Å². The molecule has 4 heteroatoms. The van der Waals surface area contributed by atoms with Crippen LogP contribution in [0.4, 0.5) is 5.69 Å². The van der Waals surface area contributed by atoms with Crippen molar-refractivity contribution in [3.05, 3.63) is 59.8 Å². The highest BCUT2D eigenvalue weighted by atomic mass is 16.3. The highest BCUT2D eigenvalue weighted by Gasteiger charge is 2.14. The molecule has 2 aromatic carbocycles. The Morgan fingerprint density at radius 2 is 1.86 bits per heavy atom. The first-order chi connectivity index (χ1) is 10.2. The Morgan fingerprint density at radius 3 is 2.62 bits per heavy atom. The zero-order valence-corrected chi connectivity index (χ0v) is 11.7. The third-order valence-electron chi connectivity index (χ3n) is 3.69. The number of nitrogens with zero attached hydrogens (tertiary/aromatic N) is 2. The third-order valence-corrected chi connectivity index (χ3v) is 3.69. The number of anilines is 1. The maximum absolute atomic E-state index is 9.79. The number of aromatic nitrogens is 1. The molecule has 0 atom stereocenters. The smallest absolute Gasteiger partial charge is 0.138 e. The predicted octanol–water partition coefficient (Wildman–Crippen LogP) is 3.37. The van der Waals surface area contributed by atoms with Crippen LogP contribution in [0.5, 0.6) is 5.75 Å². The maximum atomic E-state index is 9.79. The highest BCUT2D eigenvalue weighted by molar-refractivity contribution is 5.88. The first kappa shape index (κ1) is 13.1. The Morgan fingerprint density at radius 1 is 1.14 bits per heavy atom. The summed E-state index contributed by atoms with van der Waals surface area (Å²) in [5.41, 5.74) is 3.27. The second-order valence-electron chi connectivity index (χ2n) is 4.88. The van der Waals surface area contributed by atoms with E-state index in [0.29, 0.717) is 17.8 Å². The second-order valence-corrected chi connectivity index (χ2v) is 4.88. The van der Waals surface area contributed by atoms with Gasteiger partial charge in [0.15, 0.2) is 0 Å². The molecule has 1 aromatic heterocycles. The number of aryl methyl sites for hydroxylation is 1. The summed E-state index contributed by atoms with van der Waals surface area (Å²) in [6.45, 7) is 0.478. The van der Waals surface area contributed by atoms with Crippen molar-refractivity contribution in [3.63, 3.8) is 0 Å². The summed E-state index contributed by atoms with van der Waals surface area (Å²) in [6.07, 6.45) is 0. The van der Waals surface area contributed by atoms with Crippen LogP contribution < -0.4 is 5.32 Å². The first-order valence-corrected chi connectivity index (χ1v) is 6.70. The quantitative estimate of drug-likeness (QED) is 0.722. The molecule has 0 saturated carbocycles. The van der Waals surface area contributed by atoms with Gasteiger partial charge in [0.05, 0.1) is 23.5 Å². The summed E-state index contributed by atoms with van der Waals surface area (Å²) >= 11 is 0. The predicted molar refractivity (Wildman–Crippen MR) is 83.1 cm³/mol. The molecule has 2 N–H and O–H groups in total. The van der Waals surface area contributed by atoms with E-state index in [-0.39, 0.29) is 5.75 Å². The van der Waals surface area contributed by atoms with E-state index in [1.807, 2.05) is 48.0 Å². The zero-order valence-electron chi connectivity index (χ0n) is 11.7. The van der Waals surface area contributed by atoms with Crippen LogP contribution >= 0.6 is 0 Å². The van der Waals surface area contributed by atoms with Crippen molar-refractivity contribution in [3.8, 4) is 11.8 Å². The lowest BCUT2D eigenvalue weighted by Crippen LogP contribution is -2.06. The molecule has 4 nitrogen and oxygen atoms in total. The largest absolute Gasteiger partial charge is 0.506 e. The van der Waals surface area contributed by atoms with Crippen LogP contribution in [0, 0.1) is 11.3 Å². The number of hydrogen-bond acceptors (Lipinski definition) is 3. The molecule has 104 valence electrons. The van der Waals surface area contributed by atoms with Crippen molar-refractivity contribution in [2.45, 2.75) is 6.54 Å². The van der Waals surface area contributed by atoms with Gasteiger partial charge in [-0.2, -0.15) is 5.26 Å². The number of aromatic hydroxyl groups is 1. The zero-order chi connectivity index (χ0) is 14.8. The minimum absolute atomic E-state index is 0.203. The number of nitrogens with one attached hydrogen (secondary N) is 1. The topological polar surface area (TPSA) is 61.0 Å². The third kappa shape index (κ3) is 2.19. The van der Waals surface area contributed by atoms with Gasteiger partial charge in [0.25, 0.3) is 0 Å². The number of fused-ring (bicyclic) bond motifs is 1.